The molecule has 0 aliphatic carbocycles. The molecule has 0 radical (unpaired) electrons. The molecule has 0 unspecified atom stereocenters. The molecule has 0 aliphatic rings. The predicted molar refractivity (Wildman–Crippen MR) is 40.9 cm³/mol. The van der Waals surface area contributed by atoms with Gasteiger partial charge in [-0.05, 0) is 6.42 Å². The lowest BCUT2D eigenvalue weighted by atomic mass is 10.5. The van der Waals surface area contributed by atoms with Crippen molar-refractivity contribution >= 4 is 10.0 Å². The molecular formula is C5H14N2O2S. The van der Waals surface area contributed by atoms with Crippen molar-refractivity contribution in [3.63, 3.8) is 0 Å². The smallest absolute Gasteiger partial charge is 0.223 e. The van der Waals surface area contributed by atoms with Crippen molar-refractivity contribution in [3.8, 4) is 0 Å². The monoisotopic (exact) mass is 166 g/mol. The number of hydrazine groups is 1. The summed E-state index contributed by atoms with van der Waals surface area (Å²) < 4.78 is 22.5. The van der Waals surface area contributed by atoms with Crippen LogP contribution in [0, 0.1) is 0 Å². The lowest BCUT2D eigenvalue weighted by Crippen LogP contribution is -2.39. The maximum atomic E-state index is 10.7. The Morgan fingerprint density at radius 3 is 2.30 bits per heavy atom. The second-order valence-corrected chi connectivity index (χ2v) is 4.15. The van der Waals surface area contributed by atoms with Crippen LogP contribution in [0.5, 0.6) is 0 Å². The molecule has 0 heterocycles. The van der Waals surface area contributed by atoms with Crippen LogP contribution in [-0.2, 0) is 10.0 Å². The summed E-state index contributed by atoms with van der Waals surface area (Å²) in [5.41, 5.74) is 2.72. The van der Waals surface area contributed by atoms with Gasteiger partial charge in [-0.15, -0.1) is 4.41 Å². The molecule has 0 rings (SSSR count). The van der Waals surface area contributed by atoms with E-state index in [0.29, 0.717) is 6.54 Å². The van der Waals surface area contributed by atoms with Gasteiger partial charge in [0.05, 0.1) is 6.26 Å². The first kappa shape index (κ1) is 9.87. The zero-order valence-corrected chi connectivity index (χ0v) is 7.40. The molecule has 0 aliphatic heterocycles. The van der Waals surface area contributed by atoms with Gasteiger partial charge >= 0.3 is 0 Å². The maximum absolute atomic E-state index is 10.7. The molecule has 0 atom stereocenters. The van der Waals surface area contributed by atoms with E-state index in [4.69, 9.17) is 0 Å². The lowest BCUT2D eigenvalue weighted by Gasteiger charge is -2.13. The van der Waals surface area contributed by atoms with Crippen LogP contribution in [0.1, 0.15) is 13.3 Å². The number of hydrogen-bond acceptors (Lipinski definition) is 3. The fourth-order valence-electron chi connectivity index (χ4n) is 0.387. The molecule has 0 fully saturated rings. The van der Waals surface area contributed by atoms with E-state index >= 15 is 0 Å². The van der Waals surface area contributed by atoms with Crippen LogP contribution in [0.15, 0.2) is 0 Å². The summed E-state index contributed by atoms with van der Waals surface area (Å²) in [4.78, 5) is 0. The fourth-order valence-corrected chi connectivity index (χ4v) is 0.712. The molecule has 0 saturated carbocycles. The number of sulfonamides is 1. The van der Waals surface area contributed by atoms with Gasteiger partial charge in [0.2, 0.25) is 10.0 Å². The topological polar surface area (TPSA) is 49.4 Å². The van der Waals surface area contributed by atoms with Crippen LogP contribution in [0.3, 0.4) is 0 Å². The van der Waals surface area contributed by atoms with E-state index in [9.17, 15) is 8.42 Å². The summed E-state index contributed by atoms with van der Waals surface area (Å²) in [6, 6.07) is 0. The van der Waals surface area contributed by atoms with Crippen molar-refractivity contribution in [1.82, 2.24) is 9.84 Å². The molecule has 4 nitrogen and oxygen atoms in total. The van der Waals surface area contributed by atoms with Crippen LogP contribution in [0.4, 0.5) is 0 Å². The highest BCUT2D eigenvalue weighted by atomic mass is 32.2. The standard InChI is InChI=1S/C5H14N2O2S/c1-4-5-6-7(2)10(3,8)9/h6H,4-5H2,1-3H3. The fraction of sp³-hybridized carbons (Fsp3) is 1.00. The third-order valence-corrected chi connectivity index (χ3v) is 2.21. The predicted octanol–water partition coefficient (Wildman–Crippen LogP) is -0.208. The molecule has 0 bridgehead atoms. The van der Waals surface area contributed by atoms with Crippen molar-refractivity contribution in [1.29, 1.82) is 0 Å². The van der Waals surface area contributed by atoms with E-state index in [1.165, 1.54) is 7.05 Å². The third kappa shape index (κ3) is 3.81. The minimum Gasteiger partial charge on any atom is -0.242 e. The molecule has 0 amide bonds. The van der Waals surface area contributed by atoms with Gasteiger partial charge in [0, 0.05) is 13.6 Å². The molecule has 0 aromatic heterocycles. The van der Waals surface area contributed by atoms with Gasteiger partial charge < -0.3 is 0 Å². The Balaban J connectivity index is 3.75. The molecule has 1 N–H and O–H groups in total. The van der Waals surface area contributed by atoms with Crippen molar-refractivity contribution in [2.75, 3.05) is 19.8 Å². The summed E-state index contributed by atoms with van der Waals surface area (Å²) in [5.74, 6) is 0. The highest BCUT2D eigenvalue weighted by Crippen LogP contribution is 1.86. The molecule has 0 spiro atoms. The minimum atomic E-state index is -3.05. The summed E-state index contributed by atoms with van der Waals surface area (Å²) >= 11 is 0. The SMILES string of the molecule is CCCNN(C)S(C)(=O)=O. The largest absolute Gasteiger partial charge is 0.242 e. The van der Waals surface area contributed by atoms with Gasteiger partial charge in [0.25, 0.3) is 0 Å². The maximum Gasteiger partial charge on any atom is 0.223 e. The molecule has 5 heteroatoms. The van der Waals surface area contributed by atoms with Crippen LogP contribution in [0.25, 0.3) is 0 Å². The first-order chi connectivity index (χ1) is 4.48. The highest BCUT2D eigenvalue weighted by Gasteiger charge is 2.07. The summed E-state index contributed by atoms with van der Waals surface area (Å²) in [6.45, 7) is 2.66. The van der Waals surface area contributed by atoms with Crippen molar-refractivity contribution in [2.45, 2.75) is 13.3 Å². The molecule has 10 heavy (non-hydrogen) atoms. The van der Waals surface area contributed by atoms with E-state index in [1.54, 1.807) is 0 Å². The Morgan fingerprint density at radius 2 is 2.00 bits per heavy atom. The van der Waals surface area contributed by atoms with Crippen molar-refractivity contribution in [3.05, 3.63) is 0 Å². The first-order valence-corrected chi connectivity index (χ1v) is 5.00. The zero-order valence-electron chi connectivity index (χ0n) is 6.59. The Morgan fingerprint density at radius 1 is 1.50 bits per heavy atom. The average molecular weight is 166 g/mol. The van der Waals surface area contributed by atoms with Crippen molar-refractivity contribution < 1.29 is 8.42 Å². The van der Waals surface area contributed by atoms with E-state index in [2.05, 4.69) is 5.43 Å². The Labute approximate surface area is 62.2 Å². The van der Waals surface area contributed by atoms with Crippen LogP contribution in [-0.4, -0.2) is 32.7 Å². The molecular weight excluding hydrogens is 152 g/mol. The zero-order chi connectivity index (χ0) is 8.20. The second kappa shape index (κ2) is 3.90. The lowest BCUT2D eigenvalue weighted by molar-refractivity contribution is 0.372. The summed E-state index contributed by atoms with van der Waals surface area (Å²) in [5, 5.41) is 0. The Bertz CT molecular complexity index is 176. The normalized spacial score (nSPS) is 12.4. The number of hydrogen-bond donors (Lipinski definition) is 1. The Kier molecular flexibility index (Phi) is 3.85. The molecule has 62 valence electrons. The van der Waals surface area contributed by atoms with Crippen LogP contribution in [0.2, 0.25) is 0 Å². The highest BCUT2D eigenvalue weighted by molar-refractivity contribution is 7.88. The first-order valence-electron chi connectivity index (χ1n) is 3.16. The van der Waals surface area contributed by atoms with Gasteiger partial charge in [-0.2, -0.15) is 0 Å². The number of rotatable bonds is 4. The van der Waals surface area contributed by atoms with Gasteiger partial charge in [0.1, 0.15) is 0 Å². The van der Waals surface area contributed by atoms with Crippen LogP contribution >= 0.6 is 0 Å². The second-order valence-electron chi connectivity index (χ2n) is 2.14. The van der Waals surface area contributed by atoms with Gasteiger partial charge in [0.15, 0.2) is 0 Å². The summed E-state index contributed by atoms with van der Waals surface area (Å²) in [7, 11) is -1.56. The van der Waals surface area contributed by atoms with E-state index in [1.807, 2.05) is 6.92 Å². The minimum absolute atomic E-state index is 0.684. The quantitative estimate of drug-likeness (QED) is 0.588. The molecule has 0 aromatic rings. The van der Waals surface area contributed by atoms with Gasteiger partial charge in [-0.3, -0.25) is 0 Å². The molecule has 0 aromatic carbocycles. The number of nitrogens with zero attached hydrogens (tertiary/aromatic N) is 1. The van der Waals surface area contributed by atoms with Crippen LogP contribution < -0.4 is 5.43 Å². The molecule has 0 saturated heterocycles. The van der Waals surface area contributed by atoms with E-state index < -0.39 is 10.0 Å². The van der Waals surface area contributed by atoms with E-state index in [-0.39, 0.29) is 0 Å². The average Bonchev–Trinajstić information content (AvgIpc) is 1.80. The number of nitrogens with one attached hydrogen (secondary N) is 1. The Hall–Kier alpha value is -0.130. The van der Waals surface area contributed by atoms with Gasteiger partial charge in [-0.25, -0.2) is 13.8 Å². The third-order valence-electron chi connectivity index (χ3n) is 1.08. The van der Waals surface area contributed by atoms with E-state index in [0.717, 1.165) is 17.1 Å². The summed E-state index contributed by atoms with van der Waals surface area (Å²) in [6.07, 6.45) is 2.08. The van der Waals surface area contributed by atoms with Crippen molar-refractivity contribution in [2.24, 2.45) is 0 Å². The van der Waals surface area contributed by atoms with Gasteiger partial charge in [-0.1, -0.05) is 6.92 Å².